The molecule has 0 saturated carbocycles. The lowest BCUT2D eigenvalue weighted by Gasteiger charge is -1.91. The molecule has 0 atom stereocenters. The molecule has 0 aromatic heterocycles. The summed E-state index contributed by atoms with van der Waals surface area (Å²) in [5.41, 5.74) is 0. The van der Waals surface area contributed by atoms with Crippen molar-refractivity contribution < 1.29 is 8.74 Å². The molecule has 0 unspecified atom stereocenters. The van der Waals surface area contributed by atoms with Gasteiger partial charge < -0.3 is 4.55 Å². The lowest BCUT2D eigenvalue weighted by Crippen LogP contribution is -1.82. The first-order valence-electron chi connectivity index (χ1n) is 2.35. The van der Waals surface area contributed by atoms with Gasteiger partial charge in [0.25, 0.3) is 0 Å². The Morgan fingerprint density at radius 3 is 2.86 bits per heavy atom. The molecule has 0 aliphatic carbocycles. The van der Waals surface area contributed by atoms with Gasteiger partial charge in [0, 0.05) is 0 Å². The Morgan fingerprint density at radius 1 is 1.71 bits per heavy atom. The molecule has 0 aromatic carbocycles. The van der Waals surface area contributed by atoms with Crippen LogP contribution in [-0.4, -0.2) is 11.2 Å². The predicted molar refractivity (Wildman–Crippen MR) is 31.1 cm³/mol. The van der Waals surface area contributed by atoms with Crippen molar-refractivity contribution in [3.8, 4) is 0 Å². The monoisotopic (exact) mass is 122 g/mol. The van der Waals surface area contributed by atoms with Crippen LogP contribution in [0, 0.1) is 0 Å². The fourth-order valence-electron chi connectivity index (χ4n) is 0.241. The maximum absolute atomic E-state index is 7.99. The van der Waals surface area contributed by atoms with E-state index in [0.29, 0.717) is 18.9 Å². The molecule has 2 nitrogen and oxygen atoms in total. The van der Waals surface area contributed by atoms with E-state index in [1.54, 1.807) is 0 Å². The molecule has 0 spiro atoms. The Hall–Kier alpha value is 0.270. The predicted octanol–water partition coefficient (Wildman–Crippen LogP) is 1.92. The average Bonchev–Trinajstić information content (AvgIpc) is 1.69. The van der Waals surface area contributed by atoms with Crippen molar-refractivity contribution >= 4 is 12.3 Å². The van der Waals surface area contributed by atoms with E-state index < -0.39 is 0 Å². The number of unbranched alkanes of at least 4 members (excludes halogenated alkanes) is 1. The summed E-state index contributed by atoms with van der Waals surface area (Å²) >= 11 is 0.442. The Balaban J connectivity index is 2.45. The molecule has 0 heterocycles. The van der Waals surface area contributed by atoms with Crippen molar-refractivity contribution in [3.63, 3.8) is 0 Å². The van der Waals surface area contributed by atoms with E-state index in [4.69, 9.17) is 4.55 Å². The van der Waals surface area contributed by atoms with Crippen molar-refractivity contribution in [1.82, 2.24) is 0 Å². The van der Waals surface area contributed by atoms with Crippen LogP contribution in [0.1, 0.15) is 19.8 Å². The molecule has 0 rings (SSSR count). The molecule has 0 fully saturated rings. The fraction of sp³-hybridized carbons (Fsp3) is 1.00. The van der Waals surface area contributed by atoms with Crippen LogP contribution in [0.5, 0.6) is 0 Å². The fourth-order valence-corrected chi connectivity index (χ4v) is 0.433. The highest BCUT2D eigenvalue weighted by Crippen LogP contribution is 1.96. The van der Waals surface area contributed by atoms with E-state index in [1.807, 2.05) is 0 Å². The SMILES string of the molecule is CCCCOSO. The third-order valence-electron chi connectivity index (χ3n) is 0.634. The van der Waals surface area contributed by atoms with Gasteiger partial charge >= 0.3 is 0 Å². The van der Waals surface area contributed by atoms with Crippen LogP contribution < -0.4 is 0 Å². The molecule has 1 N–H and O–H groups in total. The number of rotatable bonds is 4. The molecule has 0 amide bonds. The van der Waals surface area contributed by atoms with Crippen LogP contribution in [0.3, 0.4) is 0 Å². The second kappa shape index (κ2) is 6.27. The van der Waals surface area contributed by atoms with Crippen LogP contribution in [0.15, 0.2) is 0 Å². The van der Waals surface area contributed by atoms with Gasteiger partial charge in [-0.3, -0.25) is 4.18 Å². The van der Waals surface area contributed by atoms with E-state index in [1.165, 1.54) is 0 Å². The molecule has 0 aliphatic rings. The van der Waals surface area contributed by atoms with Gasteiger partial charge in [0.2, 0.25) is 0 Å². The maximum atomic E-state index is 7.99. The van der Waals surface area contributed by atoms with E-state index in [2.05, 4.69) is 11.1 Å². The van der Waals surface area contributed by atoms with Gasteiger partial charge in [-0.25, -0.2) is 0 Å². The minimum Gasteiger partial charge on any atom is -0.307 e. The first-order chi connectivity index (χ1) is 3.41. The molecular weight excluding hydrogens is 112 g/mol. The van der Waals surface area contributed by atoms with Crippen LogP contribution in [0.25, 0.3) is 0 Å². The molecular formula is C4H10O2S. The smallest absolute Gasteiger partial charge is 0.155 e. The van der Waals surface area contributed by atoms with E-state index in [0.717, 1.165) is 12.8 Å². The third kappa shape index (κ3) is 6.27. The zero-order chi connectivity index (χ0) is 5.54. The highest BCUT2D eigenvalue weighted by molar-refractivity contribution is 7.88. The Morgan fingerprint density at radius 2 is 2.43 bits per heavy atom. The lowest BCUT2D eigenvalue weighted by atomic mass is 10.4. The van der Waals surface area contributed by atoms with Crippen LogP contribution in [-0.2, 0) is 4.18 Å². The Kier molecular flexibility index (Phi) is 6.51. The first kappa shape index (κ1) is 7.27. The largest absolute Gasteiger partial charge is 0.307 e. The van der Waals surface area contributed by atoms with E-state index in [9.17, 15) is 0 Å². The summed E-state index contributed by atoms with van der Waals surface area (Å²) in [6.07, 6.45) is 2.13. The molecule has 3 heteroatoms. The van der Waals surface area contributed by atoms with Crippen molar-refractivity contribution in [2.24, 2.45) is 0 Å². The molecule has 0 saturated heterocycles. The molecule has 44 valence electrons. The van der Waals surface area contributed by atoms with Crippen LogP contribution in [0.2, 0.25) is 0 Å². The zero-order valence-electron chi connectivity index (χ0n) is 4.39. The van der Waals surface area contributed by atoms with Gasteiger partial charge in [0.05, 0.1) is 6.61 Å². The van der Waals surface area contributed by atoms with Gasteiger partial charge in [0.1, 0.15) is 0 Å². The highest BCUT2D eigenvalue weighted by Gasteiger charge is 1.81. The van der Waals surface area contributed by atoms with E-state index in [-0.39, 0.29) is 0 Å². The zero-order valence-corrected chi connectivity index (χ0v) is 5.20. The van der Waals surface area contributed by atoms with Crippen molar-refractivity contribution in [3.05, 3.63) is 0 Å². The summed E-state index contributed by atoms with van der Waals surface area (Å²) in [7, 11) is 0. The molecule has 7 heavy (non-hydrogen) atoms. The molecule has 0 bridgehead atoms. The first-order valence-corrected chi connectivity index (χ1v) is 3.04. The summed E-state index contributed by atoms with van der Waals surface area (Å²) < 4.78 is 12.5. The van der Waals surface area contributed by atoms with Crippen molar-refractivity contribution in [1.29, 1.82) is 0 Å². The summed E-state index contributed by atoms with van der Waals surface area (Å²) in [6, 6.07) is 0. The topological polar surface area (TPSA) is 29.5 Å². The number of hydrogen-bond donors (Lipinski definition) is 1. The van der Waals surface area contributed by atoms with Crippen LogP contribution >= 0.6 is 12.3 Å². The van der Waals surface area contributed by atoms with Crippen molar-refractivity contribution in [2.75, 3.05) is 6.61 Å². The Labute approximate surface area is 48.3 Å². The minimum absolute atomic E-state index is 0.442. The van der Waals surface area contributed by atoms with Gasteiger partial charge in [-0.1, -0.05) is 13.3 Å². The molecule has 0 aliphatic heterocycles. The summed E-state index contributed by atoms with van der Waals surface area (Å²) in [5, 5.41) is 0. The summed E-state index contributed by atoms with van der Waals surface area (Å²) in [6.45, 7) is 2.73. The van der Waals surface area contributed by atoms with Gasteiger partial charge in [-0.2, -0.15) is 0 Å². The summed E-state index contributed by atoms with van der Waals surface area (Å²) in [5.74, 6) is 0. The molecule has 0 aromatic rings. The lowest BCUT2D eigenvalue weighted by molar-refractivity contribution is 0.335. The van der Waals surface area contributed by atoms with Gasteiger partial charge in [0.15, 0.2) is 12.3 Å². The minimum atomic E-state index is 0.442. The Bertz CT molecular complexity index is 28.9. The maximum Gasteiger partial charge on any atom is 0.155 e. The second-order valence-electron chi connectivity index (χ2n) is 1.25. The third-order valence-corrected chi connectivity index (χ3v) is 0.906. The highest BCUT2D eigenvalue weighted by atomic mass is 32.2. The quantitative estimate of drug-likeness (QED) is 0.456. The number of hydrogen-bond acceptors (Lipinski definition) is 3. The average molecular weight is 122 g/mol. The van der Waals surface area contributed by atoms with Gasteiger partial charge in [-0.15, -0.1) is 0 Å². The molecule has 0 radical (unpaired) electrons. The summed E-state index contributed by atoms with van der Waals surface area (Å²) in [4.78, 5) is 0. The standard InChI is InChI=1S/C4H10O2S/c1-2-3-4-6-7-5/h5H,2-4H2,1H3. The second-order valence-corrected chi connectivity index (χ2v) is 1.63. The van der Waals surface area contributed by atoms with Crippen molar-refractivity contribution in [2.45, 2.75) is 19.8 Å². The van der Waals surface area contributed by atoms with Crippen LogP contribution in [0.4, 0.5) is 0 Å². The van der Waals surface area contributed by atoms with Gasteiger partial charge in [-0.05, 0) is 6.42 Å². The van der Waals surface area contributed by atoms with E-state index >= 15 is 0 Å². The normalized spacial score (nSPS) is 9.43.